The minimum atomic E-state index is -0.576. The molecule has 1 aromatic carbocycles. The third-order valence-electron chi connectivity index (χ3n) is 3.48. The molecule has 1 fully saturated rings. The summed E-state index contributed by atoms with van der Waals surface area (Å²) >= 11 is 7.22. The maximum atomic E-state index is 13.5. The molecule has 19 heavy (non-hydrogen) atoms. The first kappa shape index (κ1) is 14.6. The molecule has 0 heterocycles. The Morgan fingerprint density at radius 2 is 2.21 bits per heavy atom. The van der Waals surface area contributed by atoms with Crippen LogP contribution in [0, 0.1) is 21.3 Å². The van der Waals surface area contributed by atoms with E-state index in [-0.39, 0.29) is 21.3 Å². The van der Waals surface area contributed by atoms with E-state index >= 15 is 0 Å². The molecule has 104 valence electrons. The summed E-state index contributed by atoms with van der Waals surface area (Å²) < 4.78 is 19.0. The van der Waals surface area contributed by atoms with Crippen LogP contribution >= 0.6 is 28.6 Å². The van der Waals surface area contributed by atoms with Gasteiger partial charge in [-0.05, 0) is 34.5 Å². The Labute approximate surface area is 124 Å². The normalized spacial score (nSPS) is 16.8. The third kappa shape index (κ3) is 3.02. The van der Waals surface area contributed by atoms with Crippen LogP contribution in [0.25, 0.3) is 0 Å². The number of nitro groups is 1. The number of nitro benzene ring substituents is 1. The molecule has 0 aromatic heterocycles. The zero-order chi connectivity index (χ0) is 14.0. The second kappa shape index (κ2) is 5.66. The average Bonchev–Trinajstić information content (AvgIpc) is 2.32. The van der Waals surface area contributed by atoms with Gasteiger partial charge in [0.25, 0.3) is 0 Å². The molecular formula is C12H13BrFNO3S. The number of rotatable bonds is 5. The van der Waals surface area contributed by atoms with E-state index in [4.69, 9.17) is 4.74 Å². The fourth-order valence-electron chi connectivity index (χ4n) is 2.03. The molecule has 0 radical (unpaired) electrons. The van der Waals surface area contributed by atoms with Crippen LogP contribution in [-0.2, 0) is 0 Å². The SMILES string of the molecule is O=[N+]([O-])c1cc(Br)c(F)cc1OCC1(CS)CCC1. The smallest absolute Gasteiger partial charge is 0.312 e. The first-order valence-electron chi connectivity index (χ1n) is 5.84. The van der Waals surface area contributed by atoms with Gasteiger partial charge in [0, 0.05) is 17.5 Å². The summed E-state index contributed by atoms with van der Waals surface area (Å²) in [5.41, 5.74) is -0.262. The first-order valence-corrected chi connectivity index (χ1v) is 7.27. The van der Waals surface area contributed by atoms with E-state index in [1.54, 1.807) is 0 Å². The highest BCUT2D eigenvalue weighted by atomic mass is 79.9. The second-order valence-corrected chi connectivity index (χ2v) is 5.96. The van der Waals surface area contributed by atoms with Gasteiger partial charge in [0.2, 0.25) is 0 Å². The van der Waals surface area contributed by atoms with E-state index in [2.05, 4.69) is 28.6 Å². The molecule has 4 nitrogen and oxygen atoms in total. The monoisotopic (exact) mass is 349 g/mol. The van der Waals surface area contributed by atoms with Crippen molar-refractivity contribution in [3.8, 4) is 5.75 Å². The lowest BCUT2D eigenvalue weighted by atomic mass is 9.71. The second-order valence-electron chi connectivity index (χ2n) is 4.79. The van der Waals surface area contributed by atoms with Gasteiger partial charge < -0.3 is 4.74 Å². The van der Waals surface area contributed by atoms with E-state index in [9.17, 15) is 14.5 Å². The van der Waals surface area contributed by atoms with Crippen molar-refractivity contribution in [1.82, 2.24) is 0 Å². The fraction of sp³-hybridized carbons (Fsp3) is 0.500. The Morgan fingerprint density at radius 3 is 2.68 bits per heavy atom. The Morgan fingerprint density at radius 1 is 1.53 bits per heavy atom. The van der Waals surface area contributed by atoms with Crippen LogP contribution in [0.2, 0.25) is 0 Å². The van der Waals surface area contributed by atoms with Crippen molar-refractivity contribution in [3.05, 3.63) is 32.5 Å². The lowest BCUT2D eigenvalue weighted by Crippen LogP contribution is -2.37. The molecule has 0 unspecified atom stereocenters. The van der Waals surface area contributed by atoms with Crippen molar-refractivity contribution in [2.75, 3.05) is 12.4 Å². The predicted octanol–water partition coefficient (Wildman–Crippen LogP) is 3.98. The summed E-state index contributed by atoms with van der Waals surface area (Å²) in [4.78, 5) is 10.4. The number of hydrogen-bond acceptors (Lipinski definition) is 4. The summed E-state index contributed by atoms with van der Waals surface area (Å²) in [6.45, 7) is 0.332. The van der Waals surface area contributed by atoms with E-state index in [0.717, 1.165) is 31.4 Å². The first-order chi connectivity index (χ1) is 8.97. The Hall–Kier alpha value is -0.820. The zero-order valence-corrected chi connectivity index (χ0v) is 12.5. The van der Waals surface area contributed by atoms with Gasteiger partial charge >= 0.3 is 5.69 Å². The highest BCUT2D eigenvalue weighted by Gasteiger charge is 2.37. The molecule has 0 aliphatic heterocycles. The van der Waals surface area contributed by atoms with E-state index < -0.39 is 10.7 Å². The van der Waals surface area contributed by atoms with E-state index in [1.165, 1.54) is 0 Å². The number of thiol groups is 1. The molecule has 1 aromatic rings. The summed E-state index contributed by atoms with van der Waals surface area (Å²) in [6, 6.07) is 2.17. The summed E-state index contributed by atoms with van der Waals surface area (Å²) in [5.74, 6) is 0.0627. The number of halogens is 2. The van der Waals surface area contributed by atoms with Crippen LogP contribution in [0.4, 0.5) is 10.1 Å². The lowest BCUT2D eigenvalue weighted by Gasteiger charge is -2.40. The molecule has 0 atom stereocenters. The van der Waals surface area contributed by atoms with Gasteiger partial charge in [-0.25, -0.2) is 4.39 Å². The zero-order valence-electron chi connectivity index (χ0n) is 10.1. The number of benzene rings is 1. The minimum absolute atomic E-state index is 0.0273. The minimum Gasteiger partial charge on any atom is -0.486 e. The molecular weight excluding hydrogens is 337 g/mol. The molecule has 1 saturated carbocycles. The van der Waals surface area contributed by atoms with Gasteiger partial charge in [-0.1, -0.05) is 6.42 Å². The molecule has 1 aliphatic carbocycles. The van der Waals surface area contributed by atoms with Crippen LogP contribution < -0.4 is 4.74 Å². The average molecular weight is 350 g/mol. The third-order valence-corrected chi connectivity index (χ3v) is 4.76. The van der Waals surface area contributed by atoms with Crippen LogP contribution in [0.15, 0.2) is 16.6 Å². The van der Waals surface area contributed by atoms with Crippen LogP contribution in [0.3, 0.4) is 0 Å². The Kier molecular flexibility index (Phi) is 4.35. The largest absolute Gasteiger partial charge is 0.486 e. The summed E-state index contributed by atoms with van der Waals surface area (Å²) in [5, 5.41) is 10.9. The maximum absolute atomic E-state index is 13.5. The van der Waals surface area contributed by atoms with Crippen molar-refractivity contribution < 1.29 is 14.1 Å². The number of nitrogens with zero attached hydrogens (tertiary/aromatic N) is 1. The van der Waals surface area contributed by atoms with Crippen molar-refractivity contribution in [1.29, 1.82) is 0 Å². The van der Waals surface area contributed by atoms with Crippen LogP contribution in [0.5, 0.6) is 5.75 Å². The number of ether oxygens (including phenoxy) is 1. The Bertz CT molecular complexity index is 502. The van der Waals surface area contributed by atoms with Crippen molar-refractivity contribution >= 4 is 34.2 Å². The standard InChI is InChI=1S/C12H13BrFNO3S/c13-8-4-10(15(16)17)11(5-9(8)14)18-6-12(7-19)2-1-3-12/h4-5,19H,1-3,6-7H2. The predicted molar refractivity (Wildman–Crippen MR) is 76.4 cm³/mol. The highest BCUT2D eigenvalue weighted by Crippen LogP contribution is 2.43. The molecule has 2 rings (SSSR count). The molecule has 7 heteroatoms. The van der Waals surface area contributed by atoms with Gasteiger partial charge in [-0.2, -0.15) is 12.6 Å². The van der Waals surface area contributed by atoms with Crippen LogP contribution in [-0.4, -0.2) is 17.3 Å². The highest BCUT2D eigenvalue weighted by molar-refractivity contribution is 9.10. The number of hydrogen-bond donors (Lipinski definition) is 1. The topological polar surface area (TPSA) is 52.4 Å². The van der Waals surface area contributed by atoms with Crippen molar-refractivity contribution in [2.45, 2.75) is 19.3 Å². The molecule has 0 saturated heterocycles. The fourth-order valence-corrected chi connectivity index (χ4v) is 2.77. The van der Waals surface area contributed by atoms with E-state index in [0.29, 0.717) is 12.4 Å². The molecule has 0 amide bonds. The molecule has 1 aliphatic rings. The Balaban J connectivity index is 2.19. The summed E-state index contributed by atoms with van der Waals surface area (Å²) in [7, 11) is 0. The van der Waals surface area contributed by atoms with Gasteiger partial charge in [-0.15, -0.1) is 0 Å². The summed E-state index contributed by atoms with van der Waals surface area (Å²) in [6.07, 6.45) is 3.09. The van der Waals surface area contributed by atoms with Gasteiger partial charge in [-0.3, -0.25) is 10.1 Å². The lowest BCUT2D eigenvalue weighted by molar-refractivity contribution is -0.386. The van der Waals surface area contributed by atoms with Crippen molar-refractivity contribution in [2.24, 2.45) is 5.41 Å². The van der Waals surface area contributed by atoms with Gasteiger partial charge in [0.05, 0.1) is 16.0 Å². The maximum Gasteiger partial charge on any atom is 0.312 e. The van der Waals surface area contributed by atoms with Gasteiger partial charge in [0.15, 0.2) is 5.75 Å². The molecule has 0 spiro atoms. The van der Waals surface area contributed by atoms with Crippen LogP contribution in [0.1, 0.15) is 19.3 Å². The quantitative estimate of drug-likeness (QED) is 0.497. The van der Waals surface area contributed by atoms with E-state index in [1.807, 2.05) is 0 Å². The molecule has 0 N–H and O–H groups in total. The van der Waals surface area contributed by atoms with Crippen molar-refractivity contribution in [3.63, 3.8) is 0 Å². The molecule has 0 bridgehead atoms. The van der Waals surface area contributed by atoms with Gasteiger partial charge in [0.1, 0.15) is 5.82 Å².